The van der Waals surface area contributed by atoms with Crippen molar-refractivity contribution in [2.75, 3.05) is 39.8 Å². The van der Waals surface area contributed by atoms with Crippen LogP contribution in [-0.4, -0.2) is 77.3 Å². The molecule has 2 heterocycles. The number of ether oxygens (including phenoxy) is 2. The van der Waals surface area contributed by atoms with E-state index in [2.05, 4.69) is 5.10 Å². The highest BCUT2D eigenvalue weighted by molar-refractivity contribution is 5.97. The number of carbonyl (C=O) groups is 2. The molecule has 2 aromatic rings. The molecule has 0 spiro atoms. The fourth-order valence-corrected chi connectivity index (χ4v) is 3.17. The predicted molar refractivity (Wildman–Crippen MR) is 102 cm³/mol. The number of hydrogen-bond donors (Lipinski definition) is 1. The number of rotatable bonds is 7. The molecule has 150 valence electrons. The predicted octanol–water partition coefficient (Wildman–Crippen LogP) is 0.471. The SMILES string of the molecule is CN(CC(N)=O)CC1CN(C(=O)c2ccccc2Oc2cnn(C)c2)CCO1. The van der Waals surface area contributed by atoms with Crippen LogP contribution in [0.4, 0.5) is 0 Å². The molecule has 1 aromatic heterocycles. The average Bonchev–Trinajstić information content (AvgIpc) is 3.06. The zero-order valence-electron chi connectivity index (χ0n) is 16.1. The van der Waals surface area contributed by atoms with Gasteiger partial charge in [-0.25, -0.2) is 0 Å². The number of benzene rings is 1. The second-order valence-electron chi connectivity index (χ2n) is 6.85. The molecule has 2 N–H and O–H groups in total. The van der Waals surface area contributed by atoms with Crippen LogP contribution in [0.5, 0.6) is 11.5 Å². The smallest absolute Gasteiger partial charge is 0.257 e. The molecule has 0 saturated carbocycles. The second-order valence-corrected chi connectivity index (χ2v) is 6.85. The molecule has 28 heavy (non-hydrogen) atoms. The molecule has 1 unspecified atom stereocenters. The minimum atomic E-state index is -0.396. The molecular formula is C19H25N5O4. The van der Waals surface area contributed by atoms with Gasteiger partial charge in [-0.05, 0) is 19.2 Å². The van der Waals surface area contributed by atoms with E-state index in [1.165, 1.54) is 0 Å². The van der Waals surface area contributed by atoms with Crippen LogP contribution in [0, 0.1) is 0 Å². The lowest BCUT2D eigenvalue weighted by atomic mass is 10.1. The molecule has 0 bridgehead atoms. The van der Waals surface area contributed by atoms with Crippen LogP contribution in [0.2, 0.25) is 0 Å². The van der Waals surface area contributed by atoms with E-state index in [4.69, 9.17) is 15.2 Å². The van der Waals surface area contributed by atoms with Crippen molar-refractivity contribution in [2.24, 2.45) is 12.8 Å². The van der Waals surface area contributed by atoms with Crippen molar-refractivity contribution in [3.63, 3.8) is 0 Å². The zero-order chi connectivity index (χ0) is 20.1. The maximum Gasteiger partial charge on any atom is 0.257 e. The van der Waals surface area contributed by atoms with Gasteiger partial charge in [-0.1, -0.05) is 12.1 Å². The maximum atomic E-state index is 13.1. The summed E-state index contributed by atoms with van der Waals surface area (Å²) in [5.74, 6) is 0.531. The molecule has 0 aliphatic carbocycles. The van der Waals surface area contributed by atoms with E-state index < -0.39 is 5.91 Å². The van der Waals surface area contributed by atoms with E-state index in [9.17, 15) is 9.59 Å². The first kappa shape index (κ1) is 19.8. The second kappa shape index (κ2) is 8.85. The largest absolute Gasteiger partial charge is 0.453 e. The summed E-state index contributed by atoms with van der Waals surface area (Å²) in [4.78, 5) is 27.7. The molecule has 1 aliphatic heterocycles. The van der Waals surface area contributed by atoms with E-state index in [1.807, 2.05) is 12.1 Å². The molecule has 1 atom stereocenters. The summed E-state index contributed by atoms with van der Waals surface area (Å²) in [5.41, 5.74) is 5.71. The Bertz CT molecular complexity index is 837. The number of carbonyl (C=O) groups excluding carboxylic acids is 2. The number of morpholine rings is 1. The number of amides is 2. The standard InChI is InChI=1S/C19H25N5O4/c1-22(13-18(20)25)10-15-12-24(7-8-27-15)19(26)16-5-3-4-6-17(16)28-14-9-21-23(2)11-14/h3-6,9,11,15H,7-8,10,12-13H2,1-2H3,(H2,20,25). The van der Waals surface area contributed by atoms with E-state index in [0.717, 1.165) is 0 Å². The number of nitrogens with zero attached hydrogens (tertiary/aromatic N) is 4. The van der Waals surface area contributed by atoms with Crippen molar-refractivity contribution in [1.29, 1.82) is 0 Å². The van der Waals surface area contributed by atoms with Gasteiger partial charge >= 0.3 is 0 Å². The zero-order valence-corrected chi connectivity index (χ0v) is 16.1. The molecule has 9 nitrogen and oxygen atoms in total. The minimum absolute atomic E-state index is 0.120. The number of nitrogens with two attached hydrogens (primary N) is 1. The average molecular weight is 387 g/mol. The van der Waals surface area contributed by atoms with Crippen LogP contribution >= 0.6 is 0 Å². The quantitative estimate of drug-likeness (QED) is 0.741. The van der Waals surface area contributed by atoms with Gasteiger partial charge in [0.15, 0.2) is 5.75 Å². The van der Waals surface area contributed by atoms with E-state index in [-0.39, 0.29) is 18.6 Å². The van der Waals surface area contributed by atoms with Crippen LogP contribution in [0.1, 0.15) is 10.4 Å². The topological polar surface area (TPSA) is 103 Å². The lowest BCUT2D eigenvalue weighted by Gasteiger charge is -2.34. The van der Waals surface area contributed by atoms with Crippen molar-refractivity contribution < 1.29 is 19.1 Å². The third kappa shape index (κ3) is 5.08. The number of para-hydroxylation sites is 1. The molecule has 1 fully saturated rings. The van der Waals surface area contributed by atoms with Gasteiger partial charge in [0, 0.05) is 26.7 Å². The van der Waals surface area contributed by atoms with Crippen molar-refractivity contribution in [2.45, 2.75) is 6.10 Å². The summed E-state index contributed by atoms with van der Waals surface area (Å²) in [6.45, 7) is 2.03. The molecule has 3 rings (SSSR count). The van der Waals surface area contributed by atoms with Gasteiger partial charge in [0.2, 0.25) is 5.91 Å². The lowest BCUT2D eigenvalue weighted by Crippen LogP contribution is -2.50. The summed E-state index contributed by atoms with van der Waals surface area (Å²) < 4.78 is 13.2. The number of primary amides is 1. The van der Waals surface area contributed by atoms with Gasteiger partial charge in [-0.15, -0.1) is 0 Å². The Labute approximate surface area is 163 Å². The maximum absolute atomic E-state index is 13.1. The van der Waals surface area contributed by atoms with Gasteiger partial charge < -0.3 is 20.1 Å². The number of likely N-dealkylation sites (N-methyl/N-ethyl adjacent to an activating group) is 1. The first-order chi connectivity index (χ1) is 13.4. The molecule has 1 aliphatic rings. The fraction of sp³-hybridized carbons (Fsp3) is 0.421. The summed E-state index contributed by atoms with van der Waals surface area (Å²) in [5, 5.41) is 4.08. The molecule has 0 radical (unpaired) electrons. The first-order valence-corrected chi connectivity index (χ1v) is 9.05. The Morgan fingerprint density at radius 3 is 2.89 bits per heavy atom. The van der Waals surface area contributed by atoms with Crippen LogP contribution in [0.15, 0.2) is 36.7 Å². The molecule has 1 aromatic carbocycles. The molecule has 9 heteroatoms. The third-order valence-electron chi connectivity index (χ3n) is 4.39. The monoisotopic (exact) mass is 387 g/mol. The van der Waals surface area contributed by atoms with Gasteiger partial charge in [0.05, 0.1) is 37.2 Å². The third-order valence-corrected chi connectivity index (χ3v) is 4.39. The Kier molecular flexibility index (Phi) is 6.27. The lowest BCUT2D eigenvalue weighted by molar-refractivity contribution is -0.119. The van der Waals surface area contributed by atoms with Crippen molar-refractivity contribution in [1.82, 2.24) is 19.6 Å². The van der Waals surface area contributed by atoms with Gasteiger partial charge in [-0.2, -0.15) is 5.10 Å². The van der Waals surface area contributed by atoms with Crippen LogP contribution in [0.25, 0.3) is 0 Å². The highest BCUT2D eigenvalue weighted by atomic mass is 16.5. The van der Waals surface area contributed by atoms with Gasteiger partial charge in [0.25, 0.3) is 5.91 Å². The summed E-state index contributed by atoms with van der Waals surface area (Å²) in [7, 11) is 3.60. The molecule has 2 amide bonds. The Morgan fingerprint density at radius 1 is 1.39 bits per heavy atom. The molecule has 1 saturated heterocycles. The van der Waals surface area contributed by atoms with Crippen molar-refractivity contribution in [3.8, 4) is 11.5 Å². The highest BCUT2D eigenvalue weighted by Crippen LogP contribution is 2.26. The van der Waals surface area contributed by atoms with Crippen LogP contribution in [0.3, 0.4) is 0 Å². The van der Waals surface area contributed by atoms with Crippen molar-refractivity contribution >= 4 is 11.8 Å². The first-order valence-electron chi connectivity index (χ1n) is 9.05. The normalized spacial score (nSPS) is 17.0. The van der Waals surface area contributed by atoms with Crippen molar-refractivity contribution in [3.05, 3.63) is 42.2 Å². The fourth-order valence-electron chi connectivity index (χ4n) is 3.17. The summed E-state index contributed by atoms with van der Waals surface area (Å²) >= 11 is 0. The van der Waals surface area contributed by atoms with Crippen LogP contribution in [-0.2, 0) is 16.6 Å². The van der Waals surface area contributed by atoms with E-state index >= 15 is 0 Å². The number of hydrogen-bond acceptors (Lipinski definition) is 6. The van der Waals surface area contributed by atoms with Gasteiger partial charge in [0.1, 0.15) is 5.75 Å². The Balaban J connectivity index is 1.68. The number of aryl methyl sites for hydroxylation is 1. The van der Waals surface area contributed by atoms with E-state index in [1.54, 1.807) is 53.1 Å². The van der Waals surface area contributed by atoms with Gasteiger partial charge in [-0.3, -0.25) is 19.2 Å². The molecular weight excluding hydrogens is 362 g/mol. The summed E-state index contributed by atoms with van der Waals surface area (Å²) in [6.07, 6.45) is 3.15. The highest BCUT2D eigenvalue weighted by Gasteiger charge is 2.27. The summed E-state index contributed by atoms with van der Waals surface area (Å²) in [6, 6.07) is 7.14. The number of aromatic nitrogens is 2. The Hall–Kier alpha value is -2.91. The van der Waals surface area contributed by atoms with Crippen LogP contribution < -0.4 is 10.5 Å². The Morgan fingerprint density at radius 2 is 2.18 bits per heavy atom. The van der Waals surface area contributed by atoms with E-state index in [0.29, 0.717) is 43.3 Å². The minimum Gasteiger partial charge on any atom is -0.453 e.